The van der Waals surface area contributed by atoms with Gasteiger partial charge in [0.25, 0.3) is 10.0 Å². The van der Waals surface area contributed by atoms with Crippen LogP contribution in [-0.4, -0.2) is 22.6 Å². The summed E-state index contributed by atoms with van der Waals surface area (Å²) >= 11 is 5.72. The molecule has 118 valence electrons. The Morgan fingerprint density at radius 1 is 1.09 bits per heavy atom. The minimum Gasteiger partial charge on any atom is -0.497 e. The van der Waals surface area contributed by atoms with Crippen LogP contribution in [0.2, 0.25) is 5.02 Å². The van der Waals surface area contributed by atoms with Crippen LogP contribution in [0, 0.1) is 5.82 Å². The molecule has 8 heteroatoms. The molecule has 2 rings (SSSR count). The molecular weight excluding hydrogens is 333 g/mol. The van der Waals surface area contributed by atoms with Crippen molar-refractivity contribution < 1.29 is 22.3 Å². The van der Waals surface area contributed by atoms with Gasteiger partial charge in [-0.2, -0.15) is 0 Å². The number of halogens is 2. The number of rotatable bonds is 5. The van der Waals surface area contributed by atoms with E-state index in [0.29, 0.717) is 5.75 Å². The Kier molecular flexibility index (Phi) is 4.77. The third-order valence-electron chi connectivity index (χ3n) is 2.84. The maximum Gasteiger partial charge on any atom is 0.264 e. The number of nitrogens with one attached hydrogen (secondary N) is 1. The Balaban J connectivity index is 2.43. The van der Waals surface area contributed by atoms with E-state index in [4.69, 9.17) is 21.1 Å². The van der Waals surface area contributed by atoms with E-state index >= 15 is 0 Å². The Hall–Kier alpha value is -1.99. The van der Waals surface area contributed by atoms with Gasteiger partial charge in [0.05, 0.1) is 19.9 Å². The van der Waals surface area contributed by atoms with Crippen molar-refractivity contribution in [2.45, 2.75) is 4.90 Å². The second-order valence-electron chi connectivity index (χ2n) is 4.25. The van der Waals surface area contributed by atoms with Crippen LogP contribution in [0.3, 0.4) is 0 Å². The molecule has 0 spiro atoms. The van der Waals surface area contributed by atoms with E-state index in [-0.39, 0.29) is 16.5 Å². The third-order valence-corrected chi connectivity index (χ3v) is 4.45. The van der Waals surface area contributed by atoms with Gasteiger partial charge in [0.1, 0.15) is 22.2 Å². The largest absolute Gasteiger partial charge is 0.497 e. The lowest BCUT2D eigenvalue weighted by Crippen LogP contribution is -2.15. The first-order valence-electron chi connectivity index (χ1n) is 6.07. The SMILES string of the molecule is COc1ccc(NS(=O)(=O)c2cc(Cl)ccc2F)c(OC)c1. The number of hydrogen-bond donors (Lipinski definition) is 1. The topological polar surface area (TPSA) is 64.6 Å². The van der Waals surface area contributed by atoms with Gasteiger partial charge >= 0.3 is 0 Å². The average molecular weight is 346 g/mol. The summed E-state index contributed by atoms with van der Waals surface area (Å²) < 4.78 is 50.7. The molecule has 0 saturated heterocycles. The van der Waals surface area contributed by atoms with Crippen LogP contribution >= 0.6 is 11.6 Å². The highest BCUT2D eigenvalue weighted by molar-refractivity contribution is 7.92. The second kappa shape index (κ2) is 6.41. The van der Waals surface area contributed by atoms with E-state index in [2.05, 4.69) is 4.72 Å². The molecule has 22 heavy (non-hydrogen) atoms. The molecule has 2 aromatic rings. The number of hydrogen-bond acceptors (Lipinski definition) is 4. The van der Waals surface area contributed by atoms with Crippen LogP contribution in [0.1, 0.15) is 0 Å². The van der Waals surface area contributed by atoms with Crippen molar-refractivity contribution in [3.8, 4) is 11.5 Å². The number of sulfonamides is 1. The van der Waals surface area contributed by atoms with E-state index in [1.165, 1.54) is 32.4 Å². The van der Waals surface area contributed by atoms with Crippen molar-refractivity contribution in [3.63, 3.8) is 0 Å². The van der Waals surface area contributed by atoms with E-state index in [1.807, 2.05) is 0 Å². The van der Waals surface area contributed by atoms with Gasteiger partial charge in [-0.15, -0.1) is 0 Å². The lowest BCUT2D eigenvalue weighted by molar-refractivity contribution is 0.395. The molecule has 1 N–H and O–H groups in total. The highest BCUT2D eigenvalue weighted by Gasteiger charge is 2.21. The molecule has 0 aromatic heterocycles. The highest BCUT2D eigenvalue weighted by atomic mass is 35.5. The molecule has 0 saturated carbocycles. The van der Waals surface area contributed by atoms with Crippen LogP contribution in [0.25, 0.3) is 0 Å². The summed E-state index contributed by atoms with van der Waals surface area (Å²) in [5, 5.41) is 0.114. The van der Waals surface area contributed by atoms with Gasteiger partial charge in [-0.3, -0.25) is 4.72 Å². The summed E-state index contributed by atoms with van der Waals surface area (Å²) in [6.45, 7) is 0. The van der Waals surface area contributed by atoms with Crippen molar-refractivity contribution in [1.29, 1.82) is 0 Å². The van der Waals surface area contributed by atoms with Crippen molar-refractivity contribution in [2.75, 3.05) is 18.9 Å². The van der Waals surface area contributed by atoms with Crippen LogP contribution in [0.4, 0.5) is 10.1 Å². The third kappa shape index (κ3) is 3.42. The predicted molar refractivity (Wildman–Crippen MR) is 81.8 cm³/mol. The first-order chi connectivity index (χ1) is 10.4. The molecule has 0 fully saturated rings. The fourth-order valence-corrected chi connectivity index (χ4v) is 3.18. The molecule has 0 aliphatic rings. The molecule has 0 amide bonds. The Morgan fingerprint density at radius 3 is 2.45 bits per heavy atom. The predicted octanol–water partition coefficient (Wildman–Crippen LogP) is 3.30. The molecule has 0 unspecified atom stereocenters. The number of benzene rings is 2. The molecule has 0 aliphatic carbocycles. The number of ether oxygens (including phenoxy) is 2. The summed E-state index contributed by atoms with van der Waals surface area (Å²) in [4.78, 5) is -0.544. The molecular formula is C14H13ClFNO4S. The van der Waals surface area contributed by atoms with Crippen molar-refractivity contribution in [1.82, 2.24) is 0 Å². The Labute approximate surface area is 132 Å². The van der Waals surface area contributed by atoms with Gasteiger partial charge in [-0.1, -0.05) is 11.6 Å². The van der Waals surface area contributed by atoms with E-state index < -0.39 is 20.7 Å². The van der Waals surface area contributed by atoms with Gasteiger partial charge < -0.3 is 9.47 Å². The summed E-state index contributed by atoms with van der Waals surface area (Å²) in [5.74, 6) is -0.163. The van der Waals surface area contributed by atoms with Gasteiger partial charge in [-0.25, -0.2) is 12.8 Å². The van der Waals surface area contributed by atoms with Crippen LogP contribution in [0.15, 0.2) is 41.3 Å². The lowest BCUT2D eigenvalue weighted by atomic mass is 10.3. The van der Waals surface area contributed by atoms with Gasteiger partial charge in [0, 0.05) is 11.1 Å². The fraction of sp³-hybridized carbons (Fsp3) is 0.143. The minimum absolute atomic E-state index is 0.114. The molecule has 5 nitrogen and oxygen atoms in total. The smallest absolute Gasteiger partial charge is 0.264 e. The van der Waals surface area contributed by atoms with Gasteiger partial charge in [0.15, 0.2) is 0 Å². The summed E-state index contributed by atoms with van der Waals surface area (Å²) in [6, 6.07) is 7.81. The first kappa shape index (κ1) is 16.4. The van der Waals surface area contributed by atoms with Crippen LogP contribution in [-0.2, 0) is 10.0 Å². The number of methoxy groups -OCH3 is 2. The van der Waals surface area contributed by atoms with Crippen LogP contribution in [0.5, 0.6) is 11.5 Å². The highest BCUT2D eigenvalue weighted by Crippen LogP contribution is 2.31. The normalized spacial score (nSPS) is 11.1. The number of anilines is 1. The molecule has 0 aliphatic heterocycles. The van der Waals surface area contributed by atoms with Crippen LogP contribution < -0.4 is 14.2 Å². The van der Waals surface area contributed by atoms with Crippen molar-refractivity contribution in [2.24, 2.45) is 0 Å². The Bertz CT molecular complexity index is 795. The minimum atomic E-state index is -4.15. The molecule has 0 atom stereocenters. The summed E-state index contributed by atoms with van der Waals surface area (Å²) in [6.07, 6.45) is 0. The van der Waals surface area contributed by atoms with Gasteiger partial charge in [-0.05, 0) is 30.3 Å². The monoisotopic (exact) mass is 345 g/mol. The van der Waals surface area contributed by atoms with Gasteiger partial charge in [0.2, 0.25) is 0 Å². The molecule has 2 aromatic carbocycles. The summed E-state index contributed by atoms with van der Waals surface area (Å²) in [5.41, 5.74) is 0.155. The fourth-order valence-electron chi connectivity index (χ4n) is 1.77. The standard InChI is InChI=1S/C14H13ClFNO4S/c1-20-10-4-6-12(13(8-10)21-2)17-22(18,19)14-7-9(15)3-5-11(14)16/h3-8,17H,1-2H3. The maximum absolute atomic E-state index is 13.7. The average Bonchev–Trinajstić information content (AvgIpc) is 2.49. The van der Waals surface area contributed by atoms with E-state index in [0.717, 1.165) is 12.1 Å². The molecule has 0 bridgehead atoms. The zero-order valence-corrected chi connectivity index (χ0v) is 13.3. The van der Waals surface area contributed by atoms with Crippen molar-refractivity contribution >= 4 is 27.3 Å². The molecule has 0 heterocycles. The Morgan fingerprint density at radius 2 is 1.82 bits per heavy atom. The van der Waals surface area contributed by atoms with E-state index in [1.54, 1.807) is 6.07 Å². The second-order valence-corrected chi connectivity index (χ2v) is 6.33. The zero-order chi connectivity index (χ0) is 16.3. The maximum atomic E-state index is 13.7. The van der Waals surface area contributed by atoms with Crippen molar-refractivity contribution in [3.05, 3.63) is 47.2 Å². The lowest BCUT2D eigenvalue weighted by Gasteiger charge is -2.13. The zero-order valence-electron chi connectivity index (χ0n) is 11.8. The molecule has 0 radical (unpaired) electrons. The van der Waals surface area contributed by atoms with E-state index in [9.17, 15) is 12.8 Å². The summed E-state index contributed by atoms with van der Waals surface area (Å²) in [7, 11) is -1.30. The first-order valence-corrected chi connectivity index (χ1v) is 7.93. The quantitative estimate of drug-likeness (QED) is 0.903.